The van der Waals surface area contributed by atoms with E-state index in [0.29, 0.717) is 24.4 Å². The smallest absolute Gasteiger partial charge is 0.271 e. The molecule has 1 fully saturated rings. The Morgan fingerprint density at radius 3 is 2.82 bits per heavy atom. The van der Waals surface area contributed by atoms with Crippen LogP contribution in [0.5, 0.6) is 0 Å². The fourth-order valence-corrected chi connectivity index (χ4v) is 4.60. The van der Waals surface area contributed by atoms with E-state index in [4.69, 9.17) is 0 Å². The van der Waals surface area contributed by atoms with Crippen LogP contribution >= 0.6 is 11.8 Å². The zero-order valence-corrected chi connectivity index (χ0v) is 13.6. The average Bonchev–Trinajstić information content (AvgIpc) is 2.79. The van der Waals surface area contributed by atoms with Crippen molar-refractivity contribution >= 4 is 38.9 Å². The van der Waals surface area contributed by atoms with E-state index in [1.54, 1.807) is 12.1 Å². The van der Waals surface area contributed by atoms with E-state index in [-0.39, 0.29) is 22.6 Å². The summed E-state index contributed by atoms with van der Waals surface area (Å²) in [6, 6.07) is 5.96. The van der Waals surface area contributed by atoms with Gasteiger partial charge in [0.25, 0.3) is 5.69 Å². The van der Waals surface area contributed by atoms with Gasteiger partial charge in [-0.2, -0.15) is 0 Å². The average molecular weight is 344 g/mol. The molecule has 0 spiro atoms. The normalized spacial score (nSPS) is 18.7. The minimum atomic E-state index is -3.03. The second kappa shape index (κ2) is 6.66. The summed E-state index contributed by atoms with van der Waals surface area (Å²) in [6.45, 7) is 0.483. The van der Waals surface area contributed by atoms with E-state index in [0.717, 1.165) is 0 Å². The van der Waals surface area contributed by atoms with Gasteiger partial charge in [0.05, 0.1) is 21.6 Å². The van der Waals surface area contributed by atoms with Crippen molar-refractivity contribution in [2.75, 3.05) is 29.2 Å². The summed E-state index contributed by atoms with van der Waals surface area (Å²) in [6.07, 6.45) is 1.77. The quantitative estimate of drug-likeness (QED) is 0.573. The first-order valence-corrected chi connectivity index (χ1v) is 9.74. The number of nitro groups is 1. The molecule has 0 bridgehead atoms. The van der Waals surface area contributed by atoms with Crippen LogP contribution in [0.15, 0.2) is 24.3 Å². The molecular weight excluding hydrogens is 328 g/mol. The van der Waals surface area contributed by atoms with Crippen molar-refractivity contribution in [2.45, 2.75) is 11.7 Å². The number of anilines is 1. The molecule has 1 aliphatic rings. The fraction of sp³-hybridized carbons (Fsp3) is 0.462. The van der Waals surface area contributed by atoms with Gasteiger partial charge in [0.15, 0.2) is 0 Å². The summed E-state index contributed by atoms with van der Waals surface area (Å²) < 4.78 is 22.2. The first-order chi connectivity index (χ1) is 10.3. The van der Waals surface area contributed by atoms with E-state index < -0.39 is 14.8 Å². The number of sulfone groups is 1. The number of thioether (sulfide) groups is 1. The molecule has 1 aliphatic heterocycles. The molecule has 0 aromatic heterocycles. The van der Waals surface area contributed by atoms with Gasteiger partial charge in [0.1, 0.15) is 9.84 Å². The van der Waals surface area contributed by atoms with Crippen LogP contribution < -0.4 is 4.90 Å². The molecule has 2 rings (SSSR count). The first-order valence-electron chi connectivity index (χ1n) is 6.63. The van der Waals surface area contributed by atoms with Gasteiger partial charge < -0.3 is 4.90 Å². The van der Waals surface area contributed by atoms with Gasteiger partial charge in [0.2, 0.25) is 5.91 Å². The molecule has 1 aromatic carbocycles. The highest BCUT2D eigenvalue weighted by Crippen LogP contribution is 2.30. The van der Waals surface area contributed by atoms with Crippen molar-refractivity contribution in [1.82, 2.24) is 0 Å². The summed E-state index contributed by atoms with van der Waals surface area (Å²) in [7, 11) is -3.03. The van der Waals surface area contributed by atoms with Crippen molar-refractivity contribution in [2.24, 2.45) is 0 Å². The predicted octanol–water partition coefficient (Wildman–Crippen LogP) is 1.48. The molecule has 0 saturated carbocycles. The zero-order chi connectivity index (χ0) is 16.3. The summed E-state index contributed by atoms with van der Waals surface area (Å²) in [5.74, 6) is 0.287. The Balaban J connectivity index is 2.02. The topological polar surface area (TPSA) is 97.6 Å². The molecule has 1 aromatic rings. The Labute approximate surface area is 132 Å². The zero-order valence-electron chi connectivity index (χ0n) is 12.0. The Bertz CT molecular complexity index is 689. The summed E-state index contributed by atoms with van der Waals surface area (Å²) >= 11 is 1.32. The van der Waals surface area contributed by atoms with Crippen LogP contribution in [0.1, 0.15) is 6.42 Å². The number of rotatable bonds is 6. The Morgan fingerprint density at radius 2 is 2.18 bits per heavy atom. The minimum absolute atomic E-state index is 0.0399. The molecule has 1 atom stereocenters. The monoisotopic (exact) mass is 344 g/mol. The fourth-order valence-electron chi connectivity index (χ4n) is 2.18. The maximum Gasteiger partial charge on any atom is 0.271 e. The maximum atomic E-state index is 12.3. The minimum Gasteiger partial charge on any atom is -0.311 e. The Morgan fingerprint density at radius 1 is 1.45 bits per heavy atom. The molecule has 7 nitrogen and oxygen atoms in total. The number of carbonyl (C=O) groups excluding carboxylic acids is 1. The highest BCUT2D eigenvalue weighted by atomic mass is 32.2. The highest BCUT2D eigenvalue weighted by molar-refractivity contribution is 8.01. The lowest BCUT2D eigenvalue weighted by Crippen LogP contribution is -2.28. The van der Waals surface area contributed by atoms with Gasteiger partial charge in [0, 0.05) is 30.7 Å². The highest BCUT2D eigenvalue weighted by Gasteiger charge is 2.33. The predicted molar refractivity (Wildman–Crippen MR) is 86.0 cm³/mol. The summed E-state index contributed by atoms with van der Waals surface area (Å²) in [4.78, 5) is 24.1. The molecule has 0 radical (unpaired) electrons. The lowest BCUT2D eigenvalue weighted by molar-refractivity contribution is -0.384. The van der Waals surface area contributed by atoms with Gasteiger partial charge in [-0.25, -0.2) is 8.42 Å². The molecule has 120 valence electrons. The van der Waals surface area contributed by atoms with Gasteiger partial charge >= 0.3 is 0 Å². The van der Waals surface area contributed by atoms with Crippen LogP contribution in [0.25, 0.3) is 0 Å². The molecular formula is C13H16N2O5S2. The van der Waals surface area contributed by atoms with Crippen LogP contribution in [-0.2, 0) is 14.6 Å². The molecule has 0 N–H and O–H groups in total. The van der Waals surface area contributed by atoms with E-state index in [1.165, 1.54) is 35.1 Å². The van der Waals surface area contributed by atoms with Crippen LogP contribution in [-0.4, -0.2) is 48.8 Å². The van der Waals surface area contributed by atoms with E-state index >= 15 is 0 Å². The second-order valence-electron chi connectivity index (χ2n) is 5.04. The number of non-ortho nitro benzene ring substituents is 1. The maximum absolute atomic E-state index is 12.3. The summed E-state index contributed by atoms with van der Waals surface area (Å²) in [5, 5.41) is 10.5. The van der Waals surface area contributed by atoms with E-state index in [9.17, 15) is 23.3 Å². The third kappa shape index (κ3) is 4.20. The third-order valence-electron chi connectivity index (χ3n) is 3.28. The number of carbonyl (C=O) groups is 1. The van der Waals surface area contributed by atoms with Crippen molar-refractivity contribution in [3.63, 3.8) is 0 Å². The standard InChI is InChI=1S/C13H16N2O5S2/c1-22(19,20)8-7-21-12-5-6-14(13(12)16)10-3-2-4-11(9-10)15(17)18/h2-4,9,12H,5-8H2,1H3/t12-/m1/s1. The van der Waals surface area contributed by atoms with Gasteiger partial charge in [-0.05, 0) is 12.5 Å². The Hall–Kier alpha value is -1.61. The molecule has 1 heterocycles. The number of nitrogens with zero attached hydrogens (tertiary/aromatic N) is 2. The molecule has 1 saturated heterocycles. The van der Waals surface area contributed by atoms with Gasteiger partial charge in [-0.1, -0.05) is 6.07 Å². The van der Waals surface area contributed by atoms with Crippen molar-refractivity contribution in [3.05, 3.63) is 34.4 Å². The van der Waals surface area contributed by atoms with Crippen LogP contribution in [0, 0.1) is 10.1 Å². The molecule has 22 heavy (non-hydrogen) atoms. The van der Waals surface area contributed by atoms with Crippen molar-refractivity contribution < 1.29 is 18.1 Å². The number of benzene rings is 1. The second-order valence-corrected chi connectivity index (χ2v) is 8.62. The lowest BCUT2D eigenvalue weighted by Gasteiger charge is -2.16. The largest absolute Gasteiger partial charge is 0.311 e. The molecule has 0 aliphatic carbocycles. The van der Waals surface area contributed by atoms with Gasteiger partial charge in [-0.3, -0.25) is 14.9 Å². The van der Waals surface area contributed by atoms with Crippen molar-refractivity contribution in [1.29, 1.82) is 0 Å². The number of nitro benzene ring substituents is 1. The Kier molecular flexibility index (Phi) is 5.07. The number of hydrogen-bond acceptors (Lipinski definition) is 6. The van der Waals surface area contributed by atoms with Crippen LogP contribution in [0.3, 0.4) is 0 Å². The van der Waals surface area contributed by atoms with E-state index in [2.05, 4.69) is 0 Å². The third-order valence-corrected chi connectivity index (χ3v) is 5.77. The summed E-state index contributed by atoms with van der Waals surface area (Å²) in [5.41, 5.74) is 0.448. The SMILES string of the molecule is CS(=O)(=O)CCS[C@@H]1CCN(c2cccc([N+](=O)[O-])c2)C1=O. The van der Waals surface area contributed by atoms with Gasteiger partial charge in [-0.15, -0.1) is 11.8 Å². The van der Waals surface area contributed by atoms with Crippen LogP contribution in [0.4, 0.5) is 11.4 Å². The lowest BCUT2D eigenvalue weighted by atomic mass is 10.2. The van der Waals surface area contributed by atoms with Crippen LogP contribution in [0.2, 0.25) is 0 Å². The number of hydrogen-bond donors (Lipinski definition) is 0. The first kappa shape index (κ1) is 16.8. The molecule has 9 heteroatoms. The molecule has 1 amide bonds. The van der Waals surface area contributed by atoms with E-state index in [1.807, 2.05) is 0 Å². The molecule has 0 unspecified atom stereocenters. The number of amides is 1. The van der Waals surface area contributed by atoms with Crippen molar-refractivity contribution in [3.8, 4) is 0 Å².